The zero-order valence-corrected chi connectivity index (χ0v) is 12.8. The van der Waals surface area contributed by atoms with Crippen molar-refractivity contribution >= 4 is 27.7 Å². The van der Waals surface area contributed by atoms with Crippen LogP contribution in [0.5, 0.6) is 0 Å². The number of hydrogen-bond acceptors (Lipinski definition) is 3. The summed E-state index contributed by atoms with van der Waals surface area (Å²) in [4.78, 5) is 14.0. The summed E-state index contributed by atoms with van der Waals surface area (Å²) < 4.78 is 0.850. The van der Waals surface area contributed by atoms with E-state index in [1.54, 1.807) is 11.0 Å². The van der Waals surface area contributed by atoms with Crippen LogP contribution in [0.3, 0.4) is 0 Å². The van der Waals surface area contributed by atoms with Crippen LogP contribution in [0.15, 0.2) is 27.8 Å². The lowest BCUT2D eigenvalue weighted by atomic mass is 10.1. The fourth-order valence-corrected chi connectivity index (χ4v) is 2.33. The van der Waals surface area contributed by atoms with Gasteiger partial charge in [0.2, 0.25) is 0 Å². The number of hydrogen-bond donors (Lipinski definition) is 2. The van der Waals surface area contributed by atoms with E-state index in [-0.39, 0.29) is 24.3 Å². The Balaban J connectivity index is 3.05. The highest BCUT2D eigenvalue weighted by Crippen LogP contribution is 2.17. The van der Waals surface area contributed by atoms with E-state index in [9.17, 15) is 4.79 Å². The van der Waals surface area contributed by atoms with Crippen LogP contribution in [0.25, 0.3) is 0 Å². The average Bonchev–Trinajstić information content (AvgIpc) is 2.33. The molecule has 1 amide bonds. The molecule has 104 valence electrons. The molecule has 3 N–H and O–H groups in total. The van der Waals surface area contributed by atoms with E-state index in [1.807, 2.05) is 32.9 Å². The Morgan fingerprint density at radius 1 is 1.47 bits per heavy atom. The standard InChI is InChI=1S/C13H18BrN3O2/c1-8(2)17(7-12(15)16-19)13(18)10-4-9(3)5-11(14)6-10/h4-6,8,19H,7H2,1-3H3,(H2,15,16). The number of nitrogens with two attached hydrogens (primary N) is 1. The lowest BCUT2D eigenvalue weighted by Gasteiger charge is -2.26. The summed E-state index contributed by atoms with van der Waals surface area (Å²) in [6, 6.07) is 5.46. The molecule has 0 spiro atoms. The molecule has 0 saturated heterocycles. The normalized spacial score (nSPS) is 11.7. The molecule has 0 aromatic heterocycles. The fourth-order valence-electron chi connectivity index (χ4n) is 1.72. The molecule has 0 atom stereocenters. The Labute approximate surface area is 121 Å². The maximum absolute atomic E-state index is 12.5. The molecule has 0 radical (unpaired) electrons. The van der Waals surface area contributed by atoms with Gasteiger partial charge in [0, 0.05) is 16.1 Å². The lowest BCUT2D eigenvalue weighted by molar-refractivity contribution is 0.0734. The second-order valence-corrected chi connectivity index (χ2v) is 5.55. The van der Waals surface area contributed by atoms with Gasteiger partial charge in [-0.25, -0.2) is 0 Å². The van der Waals surface area contributed by atoms with Gasteiger partial charge in [0.15, 0.2) is 5.84 Å². The van der Waals surface area contributed by atoms with Crippen molar-refractivity contribution in [3.63, 3.8) is 0 Å². The van der Waals surface area contributed by atoms with Gasteiger partial charge in [-0.1, -0.05) is 21.1 Å². The molecular weight excluding hydrogens is 310 g/mol. The summed E-state index contributed by atoms with van der Waals surface area (Å²) in [5.41, 5.74) is 7.05. The molecule has 0 bridgehead atoms. The molecule has 0 aliphatic heterocycles. The van der Waals surface area contributed by atoms with E-state index in [0.29, 0.717) is 5.56 Å². The Morgan fingerprint density at radius 3 is 2.58 bits per heavy atom. The number of oxime groups is 1. The van der Waals surface area contributed by atoms with Crippen LogP contribution in [-0.2, 0) is 0 Å². The molecule has 0 aliphatic carbocycles. The number of amidine groups is 1. The number of halogens is 1. The van der Waals surface area contributed by atoms with Crippen LogP contribution in [0.1, 0.15) is 29.8 Å². The number of nitrogens with zero attached hydrogens (tertiary/aromatic N) is 2. The highest BCUT2D eigenvalue weighted by atomic mass is 79.9. The molecule has 0 heterocycles. The first-order chi connectivity index (χ1) is 8.85. The maximum Gasteiger partial charge on any atom is 0.254 e. The van der Waals surface area contributed by atoms with Gasteiger partial charge in [-0.3, -0.25) is 4.79 Å². The van der Waals surface area contributed by atoms with Gasteiger partial charge in [0.1, 0.15) is 0 Å². The number of aryl methyl sites for hydroxylation is 1. The fraction of sp³-hybridized carbons (Fsp3) is 0.385. The SMILES string of the molecule is Cc1cc(Br)cc(C(=O)N(C/C(N)=N/O)C(C)C)c1. The minimum atomic E-state index is -0.147. The smallest absolute Gasteiger partial charge is 0.254 e. The molecule has 19 heavy (non-hydrogen) atoms. The molecule has 1 aromatic rings. The van der Waals surface area contributed by atoms with Gasteiger partial charge in [0.25, 0.3) is 5.91 Å². The summed E-state index contributed by atoms with van der Waals surface area (Å²) in [6.45, 7) is 5.78. The largest absolute Gasteiger partial charge is 0.409 e. The van der Waals surface area contributed by atoms with E-state index in [1.165, 1.54) is 0 Å². The predicted molar refractivity (Wildman–Crippen MR) is 78.5 cm³/mol. The number of amides is 1. The first kappa shape index (κ1) is 15.5. The van der Waals surface area contributed by atoms with E-state index in [2.05, 4.69) is 21.1 Å². The molecule has 1 aromatic carbocycles. The van der Waals surface area contributed by atoms with Crippen molar-refractivity contribution in [2.45, 2.75) is 26.8 Å². The second kappa shape index (κ2) is 6.56. The van der Waals surface area contributed by atoms with Gasteiger partial charge >= 0.3 is 0 Å². The van der Waals surface area contributed by atoms with Crippen molar-refractivity contribution in [1.29, 1.82) is 0 Å². The number of rotatable bonds is 4. The third-order valence-corrected chi connectivity index (χ3v) is 3.09. The molecule has 6 heteroatoms. The Hall–Kier alpha value is -1.56. The Bertz CT molecular complexity index is 480. The molecule has 0 saturated carbocycles. The molecule has 0 fully saturated rings. The second-order valence-electron chi connectivity index (χ2n) is 4.64. The van der Waals surface area contributed by atoms with Gasteiger partial charge in [-0.2, -0.15) is 0 Å². The van der Waals surface area contributed by atoms with E-state index < -0.39 is 0 Å². The van der Waals surface area contributed by atoms with E-state index >= 15 is 0 Å². The van der Waals surface area contributed by atoms with Crippen molar-refractivity contribution in [1.82, 2.24) is 4.90 Å². The average molecular weight is 328 g/mol. The summed E-state index contributed by atoms with van der Waals surface area (Å²) in [5, 5.41) is 11.5. The highest BCUT2D eigenvalue weighted by Gasteiger charge is 2.20. The molecule has 0 aliphatic rings. The maximum atomic E-state index is 12.5. The molecule has 0 unspecified atom stereocenters. The number of carbonyl (C=O) groups excluding carboxylic acids is 1. The summed E-state index contributed by atoms with van der Waals surface area (Å²) in [7, 11) is 0. The Kier molecular flexibility index (Phi) is 5.35. The highest BCUT2D eigenvalue weighted by molar-refractivity contribution is 9.10. The lowest BCUT2D eigenvalue weighted by Crippen LogP contribution is -2.42. The summed E-state index contributed by atoms with van der Waals surface area (Å²) >= 11 is 3.37. The van der Waals surface area contributed by atoms with Crippen molar-refractivity contribution in [2.75, 3.05) is 6.54 Å². The number of benzene rings is 1. The van der Waals surface area contributed by atoms with Gasteiger partial charge in [0.05, 0.1) is 6.54 Å². The van der Waals surface area contributed by atoms with Crippen LogP contribution in [0.2, 0.25) is 0 Å². The molecule has 1 rings (SSSR count). The topological polar surface area (TPSA) is 78.9 Å². The quantitative estimate of drug-likeness (QED) is 0.385. The summed E-state index contributed by atoms with van der Waals surface area (Å²) in [5.74, 6) is -0.139. The third-order valence-electron chi connectivity index (χ3n) is 2.63. The molecular formula is C13H18BrN3O2. The van der Waals surface area contributed by atoms with Crippen LogP contribution in [0.4, 0.5) is 0 Å². The minimum Gasteiger partial charge on any atom is -0.409 e. The van der Waals surface area contributed by atoms with Gasteiger partial charge in [-0.05, 0) is 44.5 Å². The first-order valence-electron chi connectivity index (χ1n) is 5.89. The van der Waals surface area contributed by atoms with Crippen LogP contribution in [-0.4, -0.2) is 34.4 Å². The van der Waals surface area contributed by atoms with Crippen molar-refractivity contribution in [3.8, 4) is 0 Å². The first-order valence-corrected chi connectivity index (χ1v) is 6.69. The van der Waals surface area contributed by atoms with Crippen molar-refractivity contribution in [2.24, 2.45) is 10.9 Å². The van der Waals surface area contributed by atoms with E-state index in [0.717, 1.165) is 10.0 Å². The molecule has 5 nitrogen and oxygen atoms in total. The van der Waals surface area contributed by atoms with Gasteiger partial charge < -0.3 is 15.8 Å². The van der Waals surface area contributed by atoms with Crippen molar-refractivity contribution < 1.29 is 10.0 Å². The minimum absolute atomic E-state index is 0.00812. The van der Waals surface area contributed by atoms with Crippen LogP contribution in [0, 0.1) is 6.92 Å². The number of carbonyl (C=O) groups is 1. The zero-order valence-electron chi connectivity index (χ0n) is 11.2. The third kappa shape index (κ3) is 4.24. The van der Waals surface area contributed by atoms with Crippen LogP contribution < -0.4 is 5.73 Å². The van der Waals surface area contributed by atoms with E-state index in [4.69, 9.17) is 10.9 Å². The van der Waals surface area contributed by atoms with Crippen LogP contribution >= 0.6 is 15.9 Å². The monoisotopic (exact) mass is 327 g/mol. The van der Waals surface area contributed by atoms with Gasteiger partial charge in [-0.15, -0.1) is 0 Å². The predicted octanol–water partition coefficient (Wildman–Crippen LogP) is 2.35. The summed E-state index contributed by atoms with van der Waals surface area (Å²) in [6.07, 6.45) is 0. The zero-order chi connectivity index (χ0) is 14.6. The van der Waals surface area contributed by atoms with Crippen molar-refractivity contribution in [3.05, 3.63) is 33.8 Å². The Morgan fingerprint density at radius 2 is 2.11 bits per heavy atom.